The van der Waals surface area contributed by atoms with Crippen LogP contribution in [-0.4, -0.2) is 4.89 Å². The topological polar surface area (TPSA) is 55.8 Å². The van der Waals surface area contributed by atoms with Gasteiger partial charge in [-0.25, -0.2) is 0 Å². The molecule has 0 aromatic heterocycles. The highest BCUT2D eigenvalue weighted by molar-refractivity contribution is 7.64. The van der Waals surface area contributed by atoms with Gasteiger partial charge in [0.25, 0.3) is 7.37 Å². The third kappa shape index (κ3) is 5.69. The molecule has 0 radical (unpaired) electrons. The Morgan fingerprint density at radius 1 is 0.762 bits per heavy atom. The van der Waals surface area contributed by atoms with E-state index in [1.165, 1.54) is 12.5 Å². The summed E-state index contributed by atoms with van der Waals surface area (Å²) in [7, 11) is -3.58. The number of benzene rings is 2. The molecule has 2 aromatic rings. The summed E-state index contributed by atoms with van der Waals surface area (Å²) in [5, 5.41) is 0. The average Bonchev–Trinajstić information content (AvgIpc) is 2.49. The lowest BCUT2D eigenvalue weighted by atomic mass is 10.3. The van der Waals surface area contributed by atoms with Crippen LogP contribution in [0.5, 0.6) is 11.5 Å². The van der Waals surface area contributed by atoms with Crippen molar-refractivity contribution in [2.24, 2.45) is 0 Å². The number of hydrogen-bond acceptors (Lipinski definition) is 3. The SMILES string of the molecule is O=P(O)(C=COc1ccccc1)C=COc1ccccc1. The largest absolute Gasteiger partial charge is 0.465 e. The van der Waals surface area contributed by atoms with Crippen molar-refractivity contribution in [1.82, 2.24) is 0 Å². The van der Waals surface area contributed by atoms with E-state index in [9.17, 15) is 9.46 Å². The molecule has 5 heteroatoms. The second-order valence-electron chi connectivity index (χ2n) is 4.10. The lowest BCUT2D eigenvalue weighted by molar-refractivity contribution is 0.469. The van der Waals surface area contributed by atoms with E-state index in [-0.39, 0.29) is 0 Å². The number of rotatable bonds is 6. The molecule has 0 atom stereocenters. The summed E-state index contributed by atoms with van der Waals surface area (Å²) in [6.07, 6.45) is 2.39. The monoisotopic (exact) mass is 302 g/mol. The molecule has 2 rings (SSSR count). The third-order valence-corrected chi connectivity index (χ3v) is 3.54. The van der Waals surface area contributed by atoms with Crippen LogP contribution in [0.2, 0.25) is 0 Å². The maximum Gasteiger partial charge on any atom is 0.250 e. The molecule has 108 valence electrons. The zero-order valence-electron chi connectivity index (χ0n) is 11.2. The second kappa shape index (κ2) is 7.48. The van der Waals surface area contributed by atoms with Gasteiger partial charge in [-0.3, -0.25) is 4.57 Å². The lowest BCUT2D eigenvalue weighted by Crippen LogP contribution is -1.82. The molecule has 1 N–H and O–H groups in total. The predicted molar refractivity (Wildman–Crippen MR) is 82.2 cm³/mol. The zero-order valence-corrected chi connectivity index (χ0v) is 12.1. The number of hydrogen-bond donors (Lipinski definition) is 1. The van der Waals surface area contributed by atoms with Crippen LogP contribution < -0.4 is 9.47 Å². The van der Waals surface area contributed by atoms with E-state index in [0.29, 0.717) is 11.5 Å². The Labute approximate surface area is 123 Å². The van der Waals surface area contributed by atoms with Crippen LogP contribution in [-0.2, 0) is 4.57 Å². The Morgan fingerprint density at radius 3 is 1.52 bits per heavy atom. The zero-order chi connectivity index (χ0) is 15.0. The highest BCUT2D eigenvalue weighted by Crippen LogP contribution is 2.43. The summed E-state index contributed by atoms with van der Waals surface area (Å²) in [4.78, 5) is 9.69. The van der Waals surface area contributed by atoms with Gasteiger partial charge in [0, 0.05) is 11.6 Å². The fourth-order valence-corrected chi connectivity index (χ4v) is 2.01. The Morgan fingerprint density at radius 2 is 1.14 bits per heavy atom. The smallest absolute Gasteiger partial charge is 0.250 e. The Balaban J connectivity index is 1.88. The van der Waals surface area contributed by atoms with E-state index in [0.717, 1.165) is 11.6 Å². The highest BCUT2D eigenvalue weighted by Gasteiger charge is 2.08. The van der Waals surface area contributed by atoms with Gasteiger partial charge in [-0.15, -0.1) is 0 Å². The van der Waals surface area contributed by atoms with Gasteiger partial charge in [-0.05, 0) is 24.3 Å². The quantitative estimate of drug-likeness (QED) is 0.636. The first-order chi connectivity index (χ1) is 10.2. The van der Waals surface area contributed by atoms with E-state index in [4.69, 9.17) is 9.47 Å². The molecule has 0 aliphatic heterocycles. The van der Waals surface area contributed by atoms with Crippen molar-refractivity contribution in [2.75, 3.05) is 0 Å². The predicted octanol–water partition coefficient (Wildman–Crippen LogP) is 4.36. The van der Waals surface area contributed by atoms with Gasteiger partial charge in [-0.2, -0.15) is 0 Å². The van der Waals surface area contributed by atoms with Crippen LogP contribution in [0, 0.1) is 0 Å². The summed E-state index contributed by atoms with van der Waals surface area (Å²) in [6, 6.07) is 18.0. The summed E-state index contributed by atoms with van der Waals surface area (Å²) in [5.41, 5.74) is 0. The minimum Gasteiger partial charge on any atom is -0.465 e. The molecule has 21 heavy (non-hydrogen) atoms. The molecule has 0 aliphatic rings. The van der Waals surface area contributed by atoms with Gasteiger partial charge in [-0.1, -0.05) is 36.4 Å². The summed E-state index contributed by atoms with van der Waals surface area (Å²) >= 11 is 0. The summed E-state index contributed by atoms with van der Waals surface area (Å²) in [5.74, 6) is 3.40. The molecular weight excluding hydrogens is 287 g/mol. The molecule has 0 heterocycles. The van der Waals surface area contributed by atoms with E-state index >= 15 is 0 Å². The molecule has 0 saturated carbocycles. The molecule has 0 amide bonds. The number of ether oxygens (including phenoxy) is 2. The Hall–Kier alpha value is -2.29. The van der Waals surface area contributed by atoms with Crippen LogP contribution in [0.25, 0.3) is 0 Å². The molecule has 0 fully saturated rings. The highest BCUT2D eigenvalue weighted by atomic mass is 31.2. The van der Waals surface area contributed by atoms with Gasteiger partial charge in [0.1, 0.15) is 11.5 Å². The maximum absolute atomic E-state index is 11.8. The second-order valence-corrected chi connectivity index (χ2v) is 6.05. The van der Waals surface area contributed by atoms with Gasteiger partial charge >= 0.3 is 0 Å². The maximum atomic E-state index is 11.8. The fraction of sp³-hybridized carbons (Fsp3) is 0. The van der Waals surface area contributed by atoms with Crippen molar-refractivity contribution >= 4 is 7.37 Å². The first-order valence-corrected chi connectivity index (χ1v) is 8.06. The third-order valence-electron chi connectivity index (χ3n) is 2.44. The summed E-state index contributed by atoms with van der Waals surface area (Å²) in [6.45, 7) is 0. The van der Waals surface area contributed by atoms with E-state index < -0.39 is 7.37 Å². The van der Waals surface area contributed by atoms with Crippen LogP contribution in [0.15, 0.2) is 84.8 Å². The molecule has 0 saturated heterocycles. The molecule has 4 nitrogen and oxygen atoms in total. The summed E-state index contributed by atoms with van der Waals surface area (Å²) < 4.78 is 22.3. The van der Waals surface area contributed by atoms with E-state index in [2.05, 4.69) is 0 Å². The van der Waals surface area contributed by atoms with Gasteiger partial charge in [0.15, 0.2) is 0 Å². The molecular formula is C16H15O4P. The standard InChI is InChI=1S/C16H15O4P/c17-21(18,13-11-19-15-7-3-1-4-8-15)14-12-20-16-9-5-2-6-10-16/h1-14H,(H,17,18). The van der Waals surface area contributed by atoms with Crippen LogP contribution >= 0.6 is 7.37 Å². The fourth-order valence-electron chi connectivity index (χ4n) is 1.44. The molecule has 0 bridgehead atoms. The van der Waals surface area contributed by atoms with Crippen LogP contribution in [0.4, 0.5) is 0 Å². The normalized spacial score (nSPS) is 14.1. The first-order valence-electron chi connectivity index (χ1n) is 6.27. The molecule has 0 spiro atoms. The molecule has 0 aliphatic carbocycles. The minimum absolute atomic E-state index is 0.596. The van der Waals surface area contributed by atoms with Crippen molar-refractivity contribution in [2.45, 2.75) is 0 Å². The minimum atomic E-state index is -3.58. The Bertz CT molecular complexity index is 595. The lowest BCUT2D eigenvalue weighted by Gasteiger charge is -2.02. The molecule has 0 unspecified atom stereocenters. The van der Waals surface area contributed by atoms with Crippen molar-refractivity contribution < 1.29 is 18.9 Å². The van der Waals surface area contributed by atoms with Crippen LogP contribution in [0.1, 0.15) is 0 Å². The Kier molecular flexibility index (Phi) is 5.38. The van der Waals surface area contributed by atoms with Crippen molar-refractivity contribution in [3.63, 3.8) is 0 Å². The van der Waals surface area contributed by atoms with Gasteiger partial charge in [0.05, 0.1) is 12.5 Å². The van der Waals surface area contributed by atoms with E-state index in [1.807, 2.05) is 36.4 Å². The average molecular weight is 302 g/mol. The molecule has 2 aromatic carbocycles. The van der Waals surface area contributed by atoms with Crippen LogP contribution in [0.3, 0.4) is 0 Å². The van der Waals surface area contributed by atoms with Crippen molar-refractivity contribution in [3.8, 4) is 11.5 Å². The van der Waals surface area contributed by atoms with Crippen molar-refractivity contribution in [1.29, 1.82) is 0 Å². The number of para-hydroxylation sites is 2. The first kappa shape index (κ1) is 15.1. The van der Waals surface area contributed by atoms with Gasteiger partial charge < -0.3 is 14.4 Å². The van der Waals surface area contributed by atoms with Crippen molar-refractivity contribution in [3.05, 3.63) is 84.8 Å². The van der Waals surface area contributed by atoms with Gasteiger partial charge in [0.2, 0.25) is 0 Å². The van der Waals surface area contributed by atoms with E-state index in [1.54, 1.807) is 24.3 Å².